The van der Waals surface area contributed by atoms with Gasteiger partial charge in [0.25, 0.3) is 0 Å². The first-order valence-electron chi connectivity index (χ1n) is 5.30. The fourth-order valence-corrected chi connectivity index (χ4v) is 3.38. The second-order valence-electron chi connectivity index (χ2n) is 3.90. The van der Waals surface area contributed by atoms with Crippen LogP contribution in [0.25, 0.3) is 0 Å². The third-order valence-corrected chi connectivity index (χ3v) is 4.90. The summed E-state index contributed by atoms with van der Waals surface area (Å²) in [6.45, 7) is 0. The van der Waals surface area contributed by atoms with Crippen LogP contribution in [0.2, 0.25) is 0 Å². The fraction of sp³-hybridized carbons (Fsp3) is 0. The van der Waals surface area contributed by atoms with Crippen LogP contribution in [0.1, 0.15) is 0 Å². The van der Waals surface area contributed by atoms with E-state index < -0.39 is 82.1 Å². The van der Waals surface area contributed by atoms with Crippen molar-refractivity contribution in [1.29, 1.82) is 0 Å². The van der Waals surface area contributed by atoms with E-state index in [9.17, 15) is 43.9 Å². The fourth-order valence-electron chi connectivity index (χ4n) is 1.45. The second-order valence-corrected chi connectivity index (χ2v) is 6.04. The molecule has 0 aliphatic carbocycles. The van der Waals surface area contributed by atoms with Gasteiger partial charge in [0.15, 0.2) is 0 Å². The molecule has 0 fully saturated rings. The Morgan fingerprint density at radius 3 is 0.696 bits per heavy atom. The van der Waals surface area contributed by atoms with Gasteiger partial charge in [0.1, 0.15) is 0 Å². The molecule has 23 heavy (non-hydrogen) atoms. The molecular weight excluding hydrogens is 413 g/mol. The standard InChI is InChI=1S/C12F10Se/c13-1-3(15)7(19)11(8(20)4(1)16)23-12-9(21)5(17)2(14)6(18)10(12)22. The molecule has 11 heteroatoms. The molecule has 2 aromatic carbocycles. The molecule has 2 aromatic rings. The van der Waals surface area contributed by atoms with Crippen LogP contribution in [-0.2, 0) is 0 Å². The monoisotopic (exact) mass is 414 g/mol. The third-order valence-electron chi connectivity index (χ3n) is 2.54. The van der Waals surface area contributed by atoms with Gasteiger partial charge in [-0.15, -0.1) is 0 Å². The van der Waals surface area contributed by atoms with Crippen molar-refractivity contribution in [1.82, 2.24) is 0 Å². The molecule has 0 aromatic heterocycles. The van der Waals surface area contributed by atoms with Gasteiger partial charge in [-0.1, -0.05) is 0 Å². The van der Waals surface area contributed by atoms with E-state index in [4.69, 9.17) is 0 Å². The molecule has 0 heterocycles. The first kappa shape index (κ1) is 17.6. The van der Waals surface area contributed by atoms with Gasteiger partial charge in [0, 0.05) is 0 Å². The number of hydrogen-bond acceptors (Lipinski definition) is 0. The summed E-state index contributed by atoms with van der Waals surface area (Å²) in [5.41, 5.74) is 0. The Hall–Kier alpha value is -1.74. The predicted molar refractivity (Wildman–Crippen MR) is 57.5 cm³/mol. The molecule has 0 saturated heterocycles. The number of halogens is 10. The zero-order chi connectivity index (χ0) is 17.6. The van der Waals surface area contributed by atoms with E-state index in [1.54, 1.807) is 0 Å². The van der Waals surface area contributed by atoms with E-state index in [2.05, 4.69) is 0 Å². The van der Waals surface area contributed by atoms with E-state index >= 15 is 0 Å². The SMILES string of the molecule is Fc1c(F)c(F)c([Se]c2c(F)c(F)c(F)c(F)c2F)c(F)c1F. The Morgan fingerprint density at radius 2 is 0.478 bits per heavy atom. The molecule has 0 aliphatic rings. The zero-order valence-corrected chi connectivity index (χ0v) is 11.9. The average Bonchev–Trinajstić information content (AvgIpc) is 2.54. The van der Waals surface area contributed by atoms with E-state index in [-0.39, 0.29) is 0 Å². The van der Waals surface area contributed by atoms with Crippen molar-refractivity contribution in [2.24, 2.45) is 0 Å². The summed E-state index contributed by atoms with van der Waals surface area (Å²) in [6, 6.07) is 0. The van der Waals surface area contributed by atoms with E-state index in [0.29, 0.717) is 0 Å². The van der Waals surface area contributed by atoms with Crippen molar-refractivity contribution in [2.75, 3.05) is 0 Å². The van der Waals surface area contributed by atoms with Crippen molar-refractivity contribution in [2.45, 2.75) is 0 Å². The van der Waals surface area contributed by atoms with Crippen molar-refractivity contribution in [3.63, 3.8) is 0 Å². The molecule has 0 saturated carbocycles. The van der Waals surface area contributed by atoms with Crippen LogP contribution in [0.3, 0.4) is 0 Å². The van der Waals surface area contributed by atoms with E-state index in [1.165, 1.54) is 0 Å². The van der Waals surface area contributed by atoms with Gasteiger partial charge in [-0.05, 0) is 0 Å². The van der Waals surface area contributed by atoms with Crippen LogP contribution < -0.4 is 8.92 Å². The number of hydrogen-bond donors (Lipinski definition) is 0. The van der Waals surface area contributed by atoms with Crippen LogP contribution in [0, 0.1) is 58.2 Å². The Balaban J connectivity index is 2.71. The van der Waals surface area contributed by atoms with Crippen LogP contribution in [0.15, 0.2) is 0 Å². The summed E-state index contributed by atoms with van der Waals surface area (Å²) in [6.07, 6.45) is 0. The molecule has 0 amide bonds. The van der Waals surface area contributed by atoms with Crippen LogP contribution in [-0.4, -0.2) is 15.0 Å². The minimum atomic E-state index is -2.52. The molecule has 0 spiro atoms. The second kappa shape index (κ2) is 6.04. The summed E-state index contributed by atoms with van der Waals surface area (Å²) in [7, 11) is 0. The zero-order valence-electron chi connectivity index (χ0n) is 10.2. The summed E-state index contributed by atoms with van der Waals surface area (Å²) in [5, 5.41) is 0. The Bertz CT molecular complexity index is 691. The molecule has 0 atom stereocenters. The van der Waals surface area contributed by atoms with Crippen molar-refractivity contribution >= 4 is 23.9 Å². The van der Waals surface area contributed by atoms with E-state index in [0.717, 1.165) is 0 Å². The Labute approximate surface area is 126 Å². The summed E-state index contributed by atoms with van der Waals surface area (Å²) >= 11 is -2.42. The van der Waals surface area contributed by atoms with Gasteiger partial charge in [-0.2, -0.15) is 0 Å². The molecule has 2 rings (SSSR count). The molecule has 0 N–H and O–H groups in total. The van der Waals surface area contributed by atoms with Crippen molar-refractivity contribution < 1.29 is 43.9 Å². The van der Waals surface area contributed by atoms with Gasteiger partial charge in [0.2, 0.25) is 0 Å². The maximum absolute atomic E-state index is 13.4. The Kier molecular flexibility index (Phi) is 4.63. The van der Waals surface area contributed by atoms with E-state index in [1.807, 2.05) is 0 Å². The van der Waals surface area contributed by atoms with Crippen molar-refractivity contribution in [3.8, 4) is 0 Å². The first-order valence-corrected chi connectivity index (χ1v) is 7.01. The van der Waals surface area contributed by atoms with Gasteiger partial charge in [-0.25, -0.2) is 0 Å². The molecule has 124 valence electrons. The van der Waals surface area contributed by atoms with Crippen molar-refractivity contribution in [3.05, 3.63) is 58.2 Å². The molecule has 0 radical (unpaired) electrons. The van der Waals surface area contributed by atoms with Gasteiger partial charge < -0.3 is 0 Å². The predicted octanol–water partition coefficient (Wildman–Crippen LogP) is 2.73. The summed E-state index contributed by atoms with van der Waals surface area (Å²) < 4.78 is 128. The Morgan fingerprint density at radius 1 is 0.304 bits per heavy atom. The number of rotatable bonds is 2. The van der Waals surface area contributed by atoms with Gasteiger partial charge in [0.05, 0.1) is 0 Å². The average molecular weight is 413 g/mol. The van der Waals surface area contributed by atoms with Gasteiger partial charge in [-0.3, -0.25) is 0 Å². The quantitative estimate of drug-likeness (QED) is 0.308. The number of benzene rings is 2. The summed E-state index contributed by atoms with van der Waals surface area (Å²) in [5.74, 6) is -24.3. The minimum absolute atomic E-state index is 1.67. The normalized spacial score (nSPS) is 11.2. The topological polar surface area (TPSA) is 0 Å². The molecule has 0 aliphatic heterocycles. The molecule has 0 bridgehead atoms. The molecule has 0 unspecified atom stereocenters. The van der Waals surface area contributed by atoms with Crippen LogP contribution in [0.5, 0.6) is 0 Å². The van der Waals surface area contributed by atoms with Crippen LogP contribution >= 0.6 is 0 Å². The van der Waals surface area contributed by atoms with Gasteiger partial charge >= 0.3 is 126 Å². The van der Waals surface area contributed by atoms with Crippen LogP contribution in [0.4, 0.5) is 43.9 Å². The maximum atomic E-state index is 13.4. The molecule has 0 nitrogen and oxygen atoms in total. The summed E-state index contributed by atoms with van der Waals surface area (Å²) in [4.78, 5) is 0. The third kappa shape index (κ3) is 2.67. The first-order chi connectivity index (χ1) is 10.6. The molecular formula is C12F10Se.